The average molecular weight is 640 g/mol. The molecule has 4 aliphatic carbocycles. The molecule has 0 radical (unpaired) electrons. The van der Waals surface area contributed by atoms with Gasteiger partial charge in [-0.1, -0.05) is 146 Å². The van der Waals surface area contributed by atoms with E-state index in [9.17, 15) is 0 Å². The highest BCUT2D eigenvalue weighted by molar-refractivity contribution is 5.90. The Kier molecular flexibility index (Phi) is 6.98. The molecule has 1 heterocycles. The smallest absolute Gasteiger partial charge is 0.0753 e. The van der Waals surface area contributed by atoms with Crippen LogP contribution in [-0.2, 0) is 12.8 Å². The van der Waals surface area contributed by atoms with E-state index in [0.29, 0.717) is 5.92 Å². The second-order valence-corrected chi connectivity index (χ2v) is 14.1. The van der Waals surface area contributed by atoms with Crippen molar-refractivity contribution >= 4 is 5.57 Å². The van der Waals surface area contributed by atoms with Gasteiger partial charge in [-0.05, 0) is 110 Å². The molecule has 238 valence electrons. The Balaban J connectivity index is 1.05. The van der Waals surface area contributed by atoms with E-state index in [1.54, 1.807) is 11.1 Å². The third kappa shape index (κ3) is 4.96. The summed E-state index contributed by atoms with van der Waals surface area (Å²) in [7, 11) is 0. The van der Waals surface area contributed by atoms with Gasteiger partial charge in [-0.3, -0.25) is 0 Å². The van der Waals surface area contributed by atoms with E-state index in [1.807, 2.05) is 0 Å². The van der Waals surface area contributed by atoms with E-state index in [4.69, 9.17) is 4.98 Å². The molecule has 1 atom stereocenters. The van der Waals surface area contributed by atoms with Crippen LogP contribution in [0.5, 0.6) is 0 Å². The molecule has 0 saturated carbocycles. The first kappa shape index (κ1) is 29.2. The van der Waals surface area contributed by atoms with Crippen molar-refractivity contribution in [2.45, 2.75) is 38.0 Å². The van der Waals surface area contributed by atoms with Crippen molar-refractivity contribution in [3.63, 3.8) is 0 Å². The average Bonchev–Trinajstić information content (AvgIpc) is 3.76. The van der Waals surface area contributed by atoms with Crippen LogP contribution in [-0.4, -0.2) is 4.98 Å². The molecule has 1 nitrogen and oxygen atoms in total. The highest BCUT2D eigenvalue weighted by Gasteiger charge is 2.31. The fourth-order valence-corrected chi connectivity index (χ4v) is 8.74. The Labute approximate surface area is 294 Å². The number of aromatic nitrogens is 1. The fourth-order valence-electron chi connectivity index (χ4n) is 8.74. The van der Waals surface area contributed by atoms with Gasteiger partial charge in [0.2, 0.25) is 0 Å². The minimum Gasteiger partial charge on any atom is -0.247 e. The predicted molar refractivity (Wildman–Crippen MR) is 208 cm³/mol. The largest absolute Gasteiger partial charge is 0.247 e. The zero-order valence-corrected chi connectivity index (χ0v) is 28.1. The van der Waals surface area contributed by atoms with Crippen molar-refractivity contribution in [2.75, 3.05) is 0 Å². The second-order valence-electron chi connectivity index (χ2n) is 14.1. The molecular formula is C49H37N. The molecule has 0 fully saturated rings. The molecule has 0 spiro atoms. The van der Waals surface area contributed by atoms with Crippen molar-refractivity contribution in [1.29, 1.82) is 0 Å². The van der Waals surface area contributed by atoms with Gasteiger partial charge in [-0.15, -0.1) is 0 Å². The third-order valence-corrected chi connectivity index (χ3v) is 11.2. The van der Waals surface area contributed by atoms with Gasteiger partial charge in [0.25, 0.3) is 0 Å². The number of hydrogen-bond donors (Lipinski definition) is 0. The van der Waals surface area contributed by atoms with Gasteiger partial charge in [0.1, 0.15) is 0 Å². The third-order valence-electron chi connectivity index (χ3n) is 11.2. The monoisotopic (exact) mass is 639 g/mol. The normalized spacial score (nSPS) is 17.1. The lowest BCUT2D eigenvalue weighted by Crippen LogP contribution is -2.09. The summed E-state index contributed by atoms with van der Waals surface area (Å²) in [4.78, 5) is 5.25. The van der Waals surface area contributed by atoms with Crippen molar-refractivity contribution in [3.8, 4) is 44.8 Å². The van der Waals surface area contributed by atoms with Gasteiger partial charge in [0.15, 0.2) is 0 Å². The molecule has 50 heavy (non-hydrogen) atoms. The summed E-state index contributed by atoms with van der Waals surface area (Å²) in [5, 5.41) is 0. The van der Waals surface area contributed by atoms with E-state index in [0.717, 1.165) is 49.1 Å². The summed E-state index contributed by atoms with van der Waals surface area (Å²) >= 11 is 0. The Morgan fingerprint density at radius 2 is 1.28 bits per heavy atom. The Morgan fingerprint density at radius 1 is 0.560 bits per heavy atom. The maximum atomic E-state index is 5.25. The molecule has 5 aromatic carbocycles. The van der Waals surface area contributed by atoms with Crippen LogP contribution in [0.1, 0.15) is 53.0 Å². The molecule has 1 heteroatoms. The van der Waals surface area contributed by atoms with Gasteiger partial charge < -0.3 is 0 Å². The SMILES string of the molecule is C1=CCCC(C2=C3Cc4ccccc4C3=CC(c3cccc(-c4cccc(-c5cc(-c6ccccc6)nc6c5Cc5ccccc5-6)c4)c3)C2)=C1. The van der Waals surface area contributed by atoms with Crippen LogP contribution in [0, 0.1) is 0 Å². The molecule has 10 rings (SSSR count). The molecule has 0 saturated heterocycles. The van der Waals surface area contributed by atoms with Crippen LogP contribution >= 0.6 is 0 Å². The molecular weight excluding hydrogens is 603 g/mol. The maximum absolute atomic E-state index is 5.25. The number of rotatable bonds is 5. The molecule has 0 N–H and O–H groups in total. The van der Waals surface area contributed by atoms with Crippen molar-refractivity contribution in [3.05, 3.63) is 202 Å². The predicted octanol–water partition coefficient (Wildman–Crippen LogP) is 12.4. The van der Waals surface area contributed by atoms with Gasteiger partial charge in [0.05, 0.1) is 11.4 Å². The number of benzene rings is 5. The first-order valence-electron chi connectivity index (χ1n) is 18.0. The molecule has 4 aliphatic rings. The summed E-state index contributed by atoms with van der Waals surface area (Å²) in [5.41, 5.74) is 22.6. The van der Waals surface area contributed by atoms with E-state index in [-0.39, 0.29) is 0 Å². The minimum atomic E-state index is 0.334. The number of fused-ring (bicyclic) bond motifs is 6. The minimum absolute atomic E-state index is 0.334. The molecule has 0 aliphatic heterocycles. The quantitative estimate of drug-likeness (QED) is 0.183. The standard InChI is InChI=1S/C49H37N/c1-3-13-32(14-4-1)43-29-40(30-45-41-23-9-7-17-38(41)27-46(43)45)36-21-11-19-34(25-36)35-20-12-22-37(26-35)44-31-48(33-15-5-2-6-16-33)50-49-42-24-10-8-18-39(42)28-47(44)49/h1-3,5-13,15-26,30-31,40H,4,14,27-29H2. The molecule has 6 aromatic rings. The van der Waals surface area contributed by atoms with Gasteiger partial charge in [0, 0.05) is 23.5 Å². The lowest BCUT2D eigenvalue weighted by Gasteiger charge is -2.27. The summed E-state index contributed by atoms with van der Waals surface area (Å²) in [6.07, 6.45) is 14.8. The van der Waals surface area contributed by atoms with E-state index < -0.39 is 0 Å². The topological polar surface area (TPSA) is 12.9 Å². The number of allylic oxidation sites excluding steroid dienone is 8. The summed E-state index contributed by atoms with van der Waals surface area (Å²) in [6, 6.07) is 49.2. The number of hydrogen-bond acceptors (Lipinski definition) is 1. The number of nitrogens with zero attached hydrogens (tertiary/aromatic N) is 1. The lowest BCUT2D eigenvalue weighted by atomic mass is 9.77. The van der Waals surface area contributed by atoms with Crippen LogP contribution in [0.15, 0.2) is 174 Å². The van der Waals surface area contributed by atoms with Crippen molar-refractivity contribution in [2.24, 2.45) is 0 Å². The number of pyridine rings is 1. The lowest BCUT2D eigenvalue weighted by molar-refractivity contribution is 0.792. The van der Waals surface area contributed by atoms with Crippen LogP contribution in [0.2, 0.25) is 0 Å². The first-order chi connectivity index (χ1) is 24.8. The van der Waals surface area contributed by atoms with E-state index >= 15 is 0 Å². The van der Waals surface area contributed by atoms with Crippen LogP contribution in [0.25, 0.3) is 50.3 Å². The van der Waals surface area contributed by atoms with Crippen molar-refractivity contribution < 1.29 is 0 Å². The van der Waals surface area contributed by atoms with E-state index in [1.165, 1.54) is 66.8 Å². The summed E-state index contributed by atoms with van der Waals surface area (Å²) < 4.78 is 0. The highest BCUT2D eigenvalue weighted by atomic mass is 14.7. The van der Waals surface area contributed by atoms with Gasteiger partial charge in [-0.25, -0.2) is 4.98 Å². The maximum Gasteiger partial charge on any atom is 0.0753 e. The fraction of sp³-hybridized carbons (Fsp3) is 0.122. The van der Waals surface area contributed by atoms with Gasteiger partial charge in [-0.2, -0.15) is 0 Å². The first-order valence-corrected chi connectivity index (χ1v) is 18.0. The Hall–Kier alpha value is -5.79. The molecule has 1 aromatic heterocycles. The van der Waals surface area contributed by atoms with Crippen LogP contribution in [0.4, 0.5) is 0 Å². The molecule has 0 bridgehead atoms. The van der Waals surface area contributed by atoms with Crippen molar-refractivity contribution in [1.82, 2.24) is 4.98 Å². The zero-order valence-electron chi connectivity index (χ0n) is 28.1. The van der Waals surface area contributed by atoms with Gasteiger partial charge >= 0.3 is 0 Å². The van der Waals surface area contributed by atoms with Crippen LogP contribution in [0.3, 0.4) is 0 Å². The summed E-state index contributed by atoms with van der Waals surface area (Å²) in [6.45, 7) is 0. The second kappa shape index (κ2) is 12.0. The summed E-state index contributed by atoms with van der Waals surface area (Å²) in [5.74, 6) is 0.334. The molecule has 0 amide bonds. The zero-order chi connectivity index (χ0) is 33.0. The Bertz CT molecular complexity index is 2450. The highest BCUT2D eigenvalue weighted by Crippen LogP contribution is 2.49. The Morgan fingerprint density at radius 3 is 2.12 bits per heavy atom. The van der Waals surface area contributed by atoms with Crippen LogP contribution < -0.4 is 0 Å². The molecule has 1 unspecified atom stereocenters. The van der Waals surface area contributed by atoms with E-state index in [2.05, 4.69) is 158 Å².